The zero-order valence-corrected chi connectivity index (χ0v) is 20.5. The number of Topliss-reactive ketones (excluding diaryl/α,β-unsaturated/α-hetero) is 1. The Bertz CT molecular complexity index is 1010. The van der Waals surface area contributed by atoms with E-state index in [-0.39, 0.29) is 48.6 Å². The molecule has 192 valence electrons. The first-order valence-electron chi connectivity index (χ1n) is 13.0. The summed E-state index contributed by atoms with van der Waals surface area (Å²) >= 11 is 0. The van der Waals surface area contributed by atoms with Gasteiger partial charge < -0.3 is 31.3 Å². The van der Waals surface area contributed by atoms with E-state index in [1.165, 1.54) is 0 Å². The molecule has 6 unspecified atom stereocenters. The number of nitrogens with two attached hydrogens (primary N) is 1. The van der Waals surface area contributed by atoms with E-state index >= 15 is 0 Å². The molecule has 5 aliphatic rings. The van der Waals surface area contributed by atoms with Crippen LogP contribution in [0.4, 0.5) is 0 Å². The van der Waals surface area contributed by atoms with Crippen LogP contribution in [-0.4, -0.2) is 76.8 Å². The number of allylic oxidation sites excluding steroid dienone is 1. The summed E-state index contributed by atoms with van der Waals surface area (Å²) in [5, 5.41) is 35.0. The van der Waals surface area contributed by atoms with Gasteiger partial charge in [-0.25, -0.2) is 4.79 Å². The molecule has 6 N–H and O–H groups in total. The lowest BCUT2D eigenvalue weighted by atomic mass is 9.45. The highest BCUT2D eigenvalue weighted by molar-refractivity contribution is 6.04. The molecule has 6 atom stereocenters. The third-order valence-electron chi connectivity index (χ3n) is 10.0. The van der Waals surface area contributed by atoms with Crippen LogP contribution in [0.5, 0.6) is 0 Å². The summed E-state index contributed by atoms with van der Waals surface area (Å²) in [5.41, 5.74) is 4.11. The van der Waals surface area contributed by atoms with Crippen molar-refractivity contribution in [3.8, 4) is 0 Å². The monoisotopic (exact) mass is 486 g/mol. The number of carboxylic acid groups (broad SMARTS) is 1. The van der Waals surface area contributed by atoms with Crippen molar-refractivity contribution in [2.45, 2.75) is 57.0 Å². The number of nitrogens with one attached hydrogen (secondary N) is 1. The van der Waals surface area contributed by atoms with Crippen molar-refractivity contribution in [1.29, 1.82) is 0 Å². The highest BCUT2D eigenvalue weighted by Crippen LogP contribution is 2.78. The maximum Gasteiger partial charge on any atom is 0.334 e. The molecule has 35 heavy (non-hydrogen) atoms. The predicted molar refractivity (Wildman–Crippen MR) is 130 cm³/mol. The average molecular weight is 487 g/mol. The van der Waals surface area contributed by atoms with E-state index in [1.807, 2.05) is 11.1 Å². The van der Waals surface area contributed by atoms with Gasteiger partial charge in [-0.15, -0.1) is 0 Å². The lowest BCUT2D eigenvalue weighted by molar-refractivity contribution is -0.148. The SMILES string of the molecule is CN=C(N)N1C=CC(CNCCO)C2(C1)C1CCC3CCCCC(=O)C4(O)CC32C(=C4C(=O)O)C1. The van der Waals surface area contributed by atoms with Crippen LogP contribution in [0.25, 0.3) is 0 Å². The van der Waals surface area contributed by atoms with Crippen molar-refractivity contribution in [2.24, 2.45) is 39.3 Å². The fourth-order valence-corrected chi connectivity index (χ4v) is 8.80. The number of carbonyl (C=O) groups is 2. The number of aliphatic hydroxyl groups is 2. The summed E-state index contributed by atoms with van der Waals surface area (Å²) < 4.78 is 0. The van der Waals surface area contributed by atoms with Crippen LogP contribution in [0.1, 0.15) is 51.4 Å². The van der Waals surface area contributed by atoms with Gasteiger partial charge in [0.2, 0.25) is 0 Å². The van der Waals surface area contributed by atoms with Crippen LogP contribution in [0.2, 0.25) is 0 Å². The van der Waals surface area contributed by atoms with Gasteiger partial charge in [0.1, 0.15) is 0 Å². The molecule has 4 aliphatic carbocycles. The van der Waals surface area contributed by atoms with E-state index in [1.54, 1.807) is 7.05 Å². The van der Waals surface area contributed by atoms with E-state index in [2.05, 4.69) is 16.4 Å². The first-order valence-corrected chi connectivity index (χ1v) is 13.0. The molecule has 2 spiro atoms. The van der Waals surface area contributed by atoms with Gasteiger partial charge in [-0.2, -0.15) is 0 Å². The van der Waals surface area contributed by atoms with Crippen molar-refractivity contribution in [1.82, 2.24) is 10.2 Å². The second-order valence-corrected chi connectivity index (χ2v) is 11.1. The van der Waals surface area contributed by atoms with Crippen LogP contribution in [0.15, 0.2) is 28.4 Å². The number of hydrogen-bond donors (Lipinski definition) is 5. The van der Waals surface area contributed by atoms with Gasteiger partial charge in [0.25, 0.3) is 0 Å². The lowest BCUT2D eigenvalue weighted by Gasteiger charge is -2.61. The number of aliphatic hydroxyl groups excluding tert-OH is 1. The molecule has 0 aromatic rings. The number of carbonyl (C=O) groups excluding carboxylic acids is 1. The minimum absolute atomic E-state index is 0.0325. The fraction of sp³-hybridized carbons (Fsp3) is 0.731. The lowest BCUT2D eigenvalue weighted by Crippen LogP contribution is -2.63. The average Bonchev–Trinajstić information content (AvgIpc) is 3.19. The molecule has 0 saturated heterocycles. The zero-order valence-electron chi connectivity index (χ0n) is 20.5. The number of carboxylic acids is 1. The second-order valence-electron chi connectivity index (χ2n) is 11.1. The molecule has 3 saturated carbocycles. The van der Waals surface area contributed by atoms with Gasteiger partial charge in [0, 0.05) is 50.1 Å². The Kier molecular flexibility index (Phi) is 6.09. The maximum atomic E-state index is 13.4. The Hall–Kier alpha value is -2.23. The Balaban J connectivity index is 1.75. The first-order chi connectivity index (χ1) is 16.8. The molecular weight excluding hydrogens is 448 g/mol. The van der Waals surface area contributed by atoms with Crippen molar-refractivity contribution >= 4 is 17.7 Å². The van der Waals surface area contributed by atoms with Crippen LogP contribution >= 0.6 is 0 Å². The molecule has 0 aromatic heterocycles. The Morgan fingerprint density at radius 3 is 2.77 bits per heavy atom. The van der Waals surface area contributed by atoms with E-state index in [4.69, 9.17) is 5.73 Å². The smallest absolute Gasteiger partial charge is 0.334 e. The van der Waals surface area contributed by atoms with Gasteiger partial charge >= 0.3 is 5.97 Å². The van der Waals surface area contributed by atoms with Crippen LogP contribution in [0, 0.1) is 28.6 Å². The van der Waals surface area contributed by atoms with Crippen molar-refractivity contribution in [2.75, 3.05) is 33.3 Å². The first kappa shape index (κ1) is 24.5. The summed E-state index contributed by atoms with van der Waals surface area (Å²) in [6.45, 7) is 1.70. The van der Waals surface area contributed by atoms with Gasteiger partial charge in [0.05, 0.1) is 12.2 Å². The van der Waals surface area contributed by atoms with Gasteiger partial charge in [-0.1, -0.05) is 12.5 Å². The highest BCUT2D eigenvalue weighted by Gasteiger charge is 2.76. The molecule has 1 heterocycles. The number of hydrogen-bond acceptors (Lipinski definition) is 6. The van der Waals surface area contributed by atoms with Crippen molar-refractivity contribution in [3.63, 3.8) is 0 Å². The van der Waals surface area contributed by atoms with Crippen molar-refractivity contribution in [3.05, 3.63) is 23.4 Å². The number of guanidine groups is 1. The summed E-state index contributed by atoms with van der Waals surface area (Å²) in [7, 11) is 1.66. The predicted octanol–water partition coefficient (Wildman–Crippen LogP) is 1.02. The van der Waals surface area contributed by atoms with Gasteiger partial charge in [-0.3, -0.25) is 9.79 Å². The zero-order chi connectivity index (χ0) is 25.0. The standard InChI is InChI=1S/C26H38N4O5/c1-28-23(27)30-10-8-18(13-29-9-11-31)25(15-30)17-7-6-16-4-2-3-5-20(32)26(35)14-24(16,25)19(12-17)21(26)22(33)34/h8,10,16-18,29,31,35H,2-7,9,11-15H2,1H3,(H2,27,28)(H,33,34). The molecule has 3 bridgehead atoms. The van der Waals surface area contributed by atoms with Gasteiger partial charge in [-0.05, 0) is 61.9 Å². The third-order valence-corrected chi connectivity index (χ3v) is 10.0. The Morgan fingerprint density at radius 2 is 2.06 bits per heavy atom. The largest absolute Gasteiger partial charge is 0.478 e. The summed E-state index contributed by atoms with van der Waals surface area (Å²) in [6.07, 6.45) is 9.52. The molecule has 1 aliphatic heterocycles. The quantitative estimate of drug-likeness (QED) is 0.220. The maximum absolute atomic E-state index is 13.4. The second kappa shape index (κ2) is 8.71. The molecule has 9 heteroatoms. The summed E-state index contributed by atoms with van der Waals surface area (Å²) in [4.78, 5) is 32.2. The molecule has 0 aromatic carbocycles. The molecule has 0 amide bonds. The Morgan fingerprint density at radius 1 is 1.29 bits per heavy atom. The van der Waals surface area contributed by atoms with E-state index in [0.717, 1.165) is 31.3 Å². The molecule has 9 nitrogen and oxygen atoms in total. The number of aliphatic carboxylic acids is 1. The number of fused-ring (bicyclic) bond motifs is 1. The molecule has 5 rings (SSSR count). The van der Waals surface area contributed by atoms with E-state index < -0.39 is 22.4 Å². The minimum atomic E-state index is -1.95. The van der Waals surface area contributed by atoms with E-state index in [9.17, 15) is 24.9 Å². The number of nitrogens with zero attached hydrogens (tertiary/aromatic N) is 2. The molecule has 3 fully saturated rings. The van der Waals surface area contributed by atoms with Crippen LogP contribution in [0.3, 0.4) is 0 Å². The van der Waals surface area contributed by atoms with Crippen LogP contribution in [-0.2, 0) is 9.59 Å². The summed E-state index contributed by atoms with van der Waals surface area (Å²) in [5.74, 6) is -0.675. The number of aliphatic imine (C=N–C) groups is 1. The fourth-order valence-electron chi connectivity index (χ4n) is 8.80. The topological polar surface area (TPSA) is 148 Å². The third kappa shape index (κ3) is 3.20. The Labute approximate surface area is 206 Å². The highest BCUT2D eigenvalue weighted by atomic mass is 16.4. The minimum Gasteiger partial charge on any atom is -0.478 e. The van der Waals surface area contributed by atoms with E-state index in [0.29, 0.717) is 38.4 Å². The molecule has 0 radical (unpaired) electrons. The van der Waals surface area contributed by atoms with Crippen LogP contribution < -0.4 is 11.1 Å². The molecular formula is C26H38N4O5. The normalized spacial score (nSPS) is 40.8. The van der Waals surface area contributed by atoms with Crippen molar-refractivity contribution < 1.29 is 24.9 Å². The van der Waals surface area contributed by atoms with Gasteiger partial charge in [0.15, 0.2) is 17.3 Å². The number of rotatable bonds is 5. The summed E-state index contributed by atoms with van der Waals surface area (Å²) in [6, 6.07) is 0. The number of ketones is 1.